The van der Waals surface area contributed by atoms with Crippen LogP contribution in [0.2, 0.25) is 0 Å². The molecule has 3 rings (SSSR count). The lowest BCUT2D eigenvalue weighted by Crippen LogP contribution is -2.09. The number of ether oxygens (including phenoxy) is 1. The molecule has 0 aliphatic carbocycles. The molecule has 0 aliphatic heterocycles. The van der Waals surface area contributed by atoms with Crippen LogP contribution < -0.4 is 0 Å². The van der Waals surface area contributed by atoms with Crippen LogP contribution >= 0.6 is 15.9 Å². The molecular formula is C21H22BrNO2. The average Bonchev–Trinajstić information content (AvgIpc) is 2.63. The number of carbonyl (C=O) groups excluding carboxylic acids is 1. The average molecular weight is 400 g/mol. The van der Waals surface area contributed by atoms with Gasteiger partial charge >= 0.3 is 5.97 Å². The molecule has 4 heteroatoms. The monoisotopic (exact) mass is 399 g/mol. The van der Waals surface area contributed by atoms with Gasteiger partial charge in [0.1, 0.15) is 0 Å². The Morgan fingerprint density at radius 2 is 1.88 bits per heavy atom. The molecule has 0 N–H and O–H groups in total. The SMILES string of the molecule is CC.CCOC(=O)Cc1cnc2ccccc2c1-c1cccc(Br)c1. The van der Waals surface area contributed by atoms with Crippen LogP contribution in [0, 0.1) is 0 Å². The number of nitrogens with zero attached hydrogens (tertiary/aromatic N) is 1. The summed E-state index contributed by atoms with van der Waals surface area (Å²) in [6, 6.07) is 16.0. The van der Waals surface area contributed by atoms with Gasteiger partial charge in [0.25, 0.3) is 0 Å². The van der Waals surface area contributed by atoms with E-state index in [1.165, 1.54) is 0 Å². The van der Waals surface area contributed by atoms with Crippen molar-refractivity contribution in [2.45, 2.75) is 27.2 Å². The van der Waals surface area contributed by atoms with Crippen LogP contribution in [0.5, 0.6) is 0 Å². The first-order valence-corrected chi connectivity index (χ1v) is 9.26. The maximum absolute atomic E-state index is 11.9. The minimum Gasteiger partial charge on any atom is -0.466 e. The Kier molecular flexibility index (Phi) is 7.14. The topological polar surface area (TPSA) is 39.2 Å². The Bertz CT molecular complexity index is 861. The van der Waals surface area contributed by atoms with Crippen molar-refractivity contribution in [3.63, 3.8) is 0 Å². The van der Waals surface area contributed by atoms with Crippen molar-refractivity contribution in [2.75, 3.05) is 6.61 Å². The second-order valence-electron chi connectivity index (χ2n) is 5.17. The summed E-state index contributed by atoms with van der Waals surface area (Å²) in [6.45, 7) is 6.19. The van der Waals surface area contributed by atoms with Gasteiger partial charge in [-0.1, -0.05) is 60.1 Å². The van der Waals surface area contributed by atoms with Crippen molar-refractivity contribution in [3.8, 4) is 11.1 Å². The molecule has 0 saturated carbocycles. The summed E-state index contributed by atoms with van der Waals surface area (Å²) in [5.74, 6) is -0.235. The smallest absolute Gasteiger partial charge is 0.310 e. The zero-order chi connectivity index (χ0) is 18.2. The molecule has 0 bridgehead atoms. The maximum atomic E-state index is 11.9. The number of carbonyl (C=O) groups is 1. The number of hydrogen-bond donors (Lipinski definition) is 0. The molecule has 0 saturated heterocycles. The predicted octanol–water partition coefficient (Wildman–Crippen LogP) is 5.80. The highest BCUT2D eigenvalue weighted by Gasteiger charge is 2.14. The van der Waals surface area contributed by atoms with Gasteiger partial charge in [-0.25, -0.2) is 0 Å². The largest absolute Gasteiger partial charge is 0.466 e. The predicted molar refractivity (Wildman–Crippen MR) is 107 cm³/mol. The number of para-hydroxylation sites is 1. The molecule has 25 heavy (non-hydrogen) atoms. The van der Waals surface area contributed by atoms with E-state index in [4.69, 9.17) is 4.74 Å². The molecule has 0 aliphatic rings. The quantitative estimate of drug-likeness (QED) is 0.520. The number of benzene rings is 2. The lowest BCUT2D eigenvalue weighted by atomic mass is 9.95. The fourth-order valence-electron chi connectivity index (χ4n) is 2.67. The molecule has 0 atom stereocenters. The molecular weight excluding hydrogens is 378 g/mol. The second kappa shape index (κ2) is 9.33. The third-order valence-electron chi connectivity index (χ3n) is 3.61. The molecule has 0 amide bonds. The van der Waals surface area contributed by atoms with Crippen LogP contribution in [0.15, 0.2) is 59.2 Å². The fraction of sp³-hybridized carbons (Fsp3) is 0.238. The van der Waals surface area contributed by atoms with Crippen molar-refractivity contribution in [1.82, 2.24) is 4.98 Å². The Hall–Kier alpha value is -2.20. The zero-order valence-electron chi connectivity index (χ0n) is 14.8. The standard InChI is InChI=1S/C19H16BrNO2.C2H6/c1-2-23-18(22)11-14-12-21-17-9-4-3-8-16(17)19(14)13-6-5-7-15(20)10-13;1-2/h3-10,12H,2,11H2,1H3;1-2H3. The molecule has 2 aromatic carbocycles. The van der Waals surface area contributed by atoms with Gasteiger partial charge in [0, 0.05) is 16.1 Å². The van der Waals surface area contributed by atoms with Crippen LogP contribution in [0.1, 0.15) is 26.3 Å². The lowest BCUT2D eigenvalue weighted by molar-refractivity contribution is -0.142. The highest BCUT2D eigenvalue weighted by atomic mass is 79.9. The minimum absolute atomic E-state index is 0.216. The van der Waals surface area contributed by atoms with Gasteiger partial charge < -0.3 is 4.74 Å². The molecule has 3 nitrogen and oxygen atoms in total. The third kappa shape index (κ3) is 4.67. The first-order chi connectivity index (χ1) is 12.2. The van der Waals surface area contributed by atoms with Crippen LogP contribution in [-0.4, -0.2) is 17.6 Å². The van der Waals surface area contributed by atoms with E-state index in [9.17, 15) is 4.79 Å². The summed E-state index contributed by atoms with van der Waals surface area (Å²) in [6.07, 6.45) is 1.99. The van der Waals surface area contributed by atoms with Crippen molar-refractivity contribution < 1.29 is 9.53 Å². The summed E-state index contributed by atoms with van der Waals surface area (Å²) in [5.41, 5.74) is 3.87. The van der Waals surface area contributed by atoms with E-state index in [1.54, 1.807) is 6.20 Å². The summed E-state index contributed by atoms with van der Waals surface area (Å²) < 4.78 is 6.09. The zero-order valence-corrected chi connectivity index (χ0v) is 16.3. The van der Waals surface area contributed by atoms with Gasteiger partial charge in [0.05, 0.1) is 18.5 Å². The summed E-state index contributed by atoms with van der Waals surface area (Å²) in [4.78, 5) is 16.4. The van der Waals surface area contributed by atoms with Gasteiger partial charge in [-0.2, -0.15) is 0 Å². The highest BCUT2D eigenvalue weighted by Crippen LogP contribution is 2.32. The lowest BCUT2D eigenvalue weighted by Gasteiger charge is -2.13. The van der Waals surface area contributed by atoms with E-state index in [2.05, 4.69) is 27.0 Å². The van der Waals surface area contributed by atoms with Gasteiger partial charge in [-0.3, -0.25) is 9.78 Å². The van der Waals surface area contributed by atoms with Gasteiger partial charge in [0.15, 0.2) is 0 Å². The van der Waals surface area contributed by atoms with Crippen LogP contribution in [0.25, 0.3) is 22.0 Å². The Balaban J connectivity index is 0.00000109. The van der Waals surface area contributed by atoms with Crippen LogP contribution in [-0.2, 0) is 16.0 Å². The Morgan fingerprint density at radius 1 is 1.12 bits per heavy atom. The first kappa shape index (κ1) is 19.1. The number of pyridine rings is 1. The van der Waals surface area contributed by atoms with Gasteiger partial charge in [-0.15, -0.1) is 0 Å². The number of hydrogen-bond acceptors (Lipinski definition) is 3. The van der Waals surface area contributed by atoms with E-state index >= 15 is 0 Å². The minimum atomic E-state index is -0.235. The van der Waals surface area contributed by atoms with Gasteiger partial charge in [-0.05, 0) is 41.8 Å². The number of esters is 1. The molecule has 130 valence electrons. The highest BCUT2D eigenvalue weighted by molar-refractivity contribution is 9.10. The van der Waals surface area contributed by atoms with E-state index in [-0.39, 0.29) is 12.4 Å². The van der Waals surface area contributed by atoms with Crippen molar-refractivity contribution in [2.24, 2.45) is 0 Å². The number of fused-ring (bicyclic) bond motifs is 1. The number of aromatic nitrogens is 1. The molecule has 0 radical (unpaired) electrons. The summed E-state index contributed by atoms with van der Waals surface area (Å²) in [5, 5.41) is 1.03. The normalized spacial score (nSPS) is 10.1. The van der Waals surface area contributed by atoms with Crippen molar-refractivity contribution in [1.29, 1.82) is 0 Å². The molecule has 1 aromatic heterocycles. The van der Waals surface area contributed by atoms with Crippen molar-refractivity contribution in [3.05, 3.63) is 64.8 Å². The van der Waals surface area contributed by atoms with E-state index < -0.39 is 0 Å². The van der Waals surface area contributed by atoms with Crippen molar-refractivity contribution >= 4 is 32.8 Å². The maximum Gasteiger partial charge on any atom is 0.310 e. The number of halogens is 1. The molecule has 3 aromatic rings. The third-order valence-corrected chi connectivity index (χ3v) is 4.10. The molecule has 0 unspecified atom stereocenters. The van der Waals surface area contributed by atoms with E-state index in [0.29, 0.717) is 6.61 Å². The Labute approximate surface area is 157 Å². The first-order valence-electron chi connectivity index (χ1n) is 8.47. The molecule has 0 fully saturated rings. The Morgan fingerprint density at radius 3 is 2.60 bits per heavy atom. The van der Waals surface area contributed by atoms with Crippen LogP contribution in [0.4, 0.5) is 0 Å². The molecule has 1 heterocycles. The fourth-order valence-corrected chi connectivity index (χ4v) is 3.07. The van der Waals surface area contributed by atoms with E-state index in [1.807, 2.05) is 63.2 Å². The molecule has 0 spiro atoms. The number of rotatable bonds is 4. The second-order valence-corrected chi connectivity index (χ2v) is 6.08. The van der Waals surface area contributed by atoms with Gasteiger partial charge in [0.2, 0.25) is 0 Å². The summed E-state index contributed by atoms with van der Waals surface area (Å²) in [7, 11) is 0. The summed E-state index contributed by atoms with van der Waals surface area (Å²) >= 11 is 3.52. The van der Waals surface area contributed by atoms with Crippen LogP contribution in [0.3, 0.4) is 0 Å². The van der Waals surface area contributed by atoms with E-state index in [0.717, 1.165) is 32.1 Å².